The van der Waals surface area contributed by atoms with Crippen LogP contribution in [-0.4, -0.2) is 32.2 Å². The van der Waals surface area contributed by atoms with Crippen LogP contribution in [0.2, 0.25) is 0 Å². The van der Waals surface area contributed by atoms with Crippen LogP contribution < -0.4 is 5.32 Å². The van der Waals surface area contributed by atoms with E-state index >= 15 is 0 Å². The van der Waals surface area contributed by atoms with Gasteiger partial charge in [-0.25, -0.2) is 0 Å². The third kappa shape index (κ3) is 2.33. The van der Waals surface area contributed by atoms with Crippen LogP contribution in [0.1, 0.15) is 11.1 Å². The third-order valence-electron chi connectivity index (χ3n) is 3.34. The first-order valence-corrected chi connectivity index (χ1v) is 6.04. The Hall–Kier alpha value is -1.88. The second-order valence-corrected chi connectivity index (χ2v) is 4.84. The number of anilines is 1. The van der Waals surface area contributed by atoms with Gasteiger partial charge in [-0.05, 0) is 25.5 Å². The Morgan fingerprint density at radius 1 is 1.32 bits per heavy atom. The number of methoxy groups -OCH3 is 1. The van der Waals surface area contributed by atoms with E-state index in [4.69, 9.17) is 4.74 Å². The summed E-state index contributed by atoms with van der Waals surface area (Å²) in [5.41, 5.74) is 1.57. The second kappa shape index (κ2) is 5.01. The molecule has 102 valence electrons. The molecular weight excluding hydrogens is 246 g/mol. The van der Waals surface area contributed by atoms with E-state index in [2.05, 4.69) is 10.1 Å². The minimum absolute atomic E-state index is 0.0659. The number of hydrogen-bond donors (Lipinski definition) is 1. The molecule has 1 saturated heterocycles. The molecule has 0 bridgehead atoms. The molecule has 0 aliphatic carbocycles. The van der Waals surface area contributed by atoms with Crippen molar-refractivity contribution in [2.24, 2.45) is 5.41 Å². The highest BCUT2D eigenvalue weighted by Gasteiger charge is 2.54. The Balaban J connectivity index is 2.18. The molecule has 1 amide bonds. The second-order valence-electron chi connectivity index (χ2n) is 4.84. The van der Waals surface area contributed by atoms with Crippen molar-refractivity contribution in [1.29, 1.82) is 0 Å². The van der Waals surface area contributed by atoms with Gasteiger partial charge in [-0.2, -0.15) is 0 Å². The highest BCUT2D eigenvalue weighted by Crippen LogP contribution is 2.31. The molecule has 0 spiro atoms. The van der Waals surface area contributed by atoms with Gasteiger partial charge in [0.15, 0.2) is 5.41 Å². The van der Waals surface area contributed by atoms with Gasteiger partial charge in [0.05, 0.1) is 20.3 Å². The molecule has 19 heavy (non-hydrogen) atoms. The van der Waals surface area contributed by atoms with Crippen LogP contribution in [0.25, 0.3) is 0 Å². The average molecular weight is 263 g/mol. The summed E-state index contributed by atoms with van der Waals surface area (Å²) in [7, 11) is 1.27. The summed E-state index contributed by atoms with van der Waals surface area (Å²) in [4.78, 5) is 24.0. The van der Waals surface area contributed by atoms with Crippen molar-refractivity contribution in [3.05, 3.63) is 29.3 Å². The Labute approximate surface area is 111 Å². The molecule has 0 atom stereocenters. The predicted octanol–water partition coefficient (Wildman–Crippen LogP) is 1.43. The first-order valence-electron chi connectivity index (χ1n) is 6.04. The zero-order valence-electron chi connectivity index (χ0n) is 11.3. The number of carbonyl (C=O) groups is 2. The van der Waals surface area contributed by atoms with E-state index in [1.807, 2.05) is 32.0 Å². The van der Waals surface area contributed by atoms with Crippen molar-refractivity contribution >= 4 is 17.6 Å². The normalized spacial score (nSPS) is 16.4. The van der Waals surface area contributed by atoms with Crippen molar-refractivity contribution in [3.8, 4) is 0 Å². The first-order chi connectivity index (χ1) is 8.99. The Morgan fingerprint density at radius 2 is 2.00 bits per heavy atom. The molecule has 1 aromatic carbocycles. The lowest BCUT2D eigenvalue weighted by Crippen LogP contribution is -2.57. The van der Waals surface area contributed by atoms with Crippen LogP contribution in [0.15, 0.2) is 18.2 Å². The van der Waals surface area contributed by atoms with Crippen LogP contribution in [0.3, 0.4) is 0 Å². The molecule has 5 nitrogen and oxygen atoms in total. The maximum atomic E-state index is 12.3. The zero-order chi connectivity index (χ0) is 14.0. The fourth-order valence-electron chi connectivity index (χ4n) is 2.04. The number of amides is 1. The number of aryl methyl sites for hydroxylation is 2. The first kappa shape index (κ1) is 13.5. The molecule has 0 aromatic heterocycles. The molecule has 0 radical (unpaired) electrons. The highest BCUT2D eigenvalue weighted by atomic mass is 16.5. The maximum Gasteiger partial charge on any atom is 0.326 e. The smallest absolute Gasteiger partial charge is 0.326 e. The molecule has 5 heteroatoms. The van der Waals surface area contributed by atoms with Gasteiger partial charge in [0, 0.05) is 5.69 Å². The summed E-state index contributed by atoms with van der Waals surface area (Å²) < 4.78 is 9.69. The van der Waals surface area contributed by atoms with Gasteiger partial charge in [-0.15, -0.1) is 0 Å². The van der Waals surface area contributed by atoms with Gasteiger partial charge in [0.25, 0.3) is 0 Å². The van der Waals surface area contributed by atoms with E-state index in [0.717, 1.165) is 11.1 Å². The van der Waals surface area contributed by atoms with E-state index in [1.54, 1.807) is 0 Å². The lowest BCUT2D eigenvalue weighted by Gasteiger charge is -2.36. The molecule has 1 N–H and O–H groups in total. The summed E-state index contributed by atoms with van der Waals surface area (Å²) in [6.45, 7) is 4.02. The third-order valence-corrected chi connectivity index (χ3v) is 3.34. The van der Waals surface area contributed by atoms with Crippen molar-refractivity contribution in [1.82, 2.24) is 0 Å². The minimum atomic E-state index is -1.20. The van der Waals surface area contributed by atoms with Gasteiger partial charge in [-0.1, -0.05) is 17.7 Å². The lowest BCUT2D eigenvalue weighted by atomic mass is 9.84. The van der Waals surface area contributed by atoms with Crippen LogP contribution in [-0.2, 0) is 19.1 Å². The maximum absolute atomic E-state index is 12.3. The van der Waals surface area contributed by atoms with Gasteiger partial charge in [0.1, 0.15) is 0 Å². The quantitative estimate of drug-likeness (QED) is 0.662. The molecule has 1 aromatic rings. The summed E-state index contributed by atoms with van der Waals surface area (Å²) in [6.07, 6.45) is 0. The molecule has 2 rings (SSSR count). The summed E-state index contributed by atoms with van der Waals surface area (Å²) in [5.74, 6) is -0.932. The van der Waals surface area contributed by atoms with E-state index in [1.165, 1.54) is 7.11 Å². The van der Waals surface area contributed by atoms with Crippen LogP contribution in [0, 0.1) is 19.3 Å². The topological polar surface area (TPSA) is 64.6 Å². The number of esters is 1. The highest BCUT2D eigenvalue weighted by molar-refractivity contribution is 6.10. The van der Waals surface area contributed by atoms with Crippen molar-refractivity contribution < 1.29 is 19.1 Å². The number of nitrogens with one attached hydrogen (secondary N) is 1. The Morgan fingerprint density at radius 3 is 2.47 bits per heavy atom. The van der Waals surface area contributed by atoms with Crippen molar-refractivity contribution in [2.75, 3.05) is 25.6 Å². The van der Waals surface area contributed by atoms with Gasteiger partial charge in [0.2, 0.25) is 5.91 Å². The molecule has 0 saturated carbocycles. The van der Waals surface area contributed by atoms with Crippen molar-refractivity contribution in [2.45, 2.75) is 13.8 Å². The predicted molar refractivity (Wildman–Crippen MR) is 69.8 cm³/mol. The van der Waals surface area contributed by atoms with Gasteiger partial charge in [-0.3, -0.25) is 9.59 Å². The molecule has 0 unspecified atom stereocenters. The molecule has 1 aliphatic rings. The van der Waals surface area contributed by atoms with E-state index in [0.29, 0.717) is 5.69 Å². The molecular formula is C14H17NO4. The van der Waals surface area contributed by atoms with Gasteiger partial charge >= 0.3 is 5.97 Å². The monoisotopic (exact) mass is 263 g/mol. The largest absolute Gasteiger partial charge is 0.468 e. The lowest BCUT2D eigenvalue weighted by molar-refractivity contribution is -0.185. The van der Waals surface area contributed by atoms with Crippen molar-refractivity contribution in [3.63, 3.8) is 0 Å². The number of rotatable bonds is 3. The number of carbonyl (C=O) groups excluding carboxylic acids is 2. The Bertz CT molecular complexity index is 520. The zero-order valence-corrected chi connectivity index (χ0v) is 11.3. The molecule has 1 fully saturated rings. The molecule has 1 aliphatic heterocycles. The van der Waals surface area contributed by atoms with E-state index in [-0.39, 0.29) is 19.1 Å². The Kier molecular flexibility index (Phi) is 3.57. The molecule has 1 heterocycles. The summed E-state index contributed by atoms with van der Waals surface area (Å²) >= 11 is 0. The average Bonchev–Trinajstić information content (AvgIpc) is 2.31. The van der Waals surface area contributed by atoms with Gasteiger partial charge < -0.3 is 14.8 Å². The number of benzene rings is 1. The van der Waals surface area contributed by atoms with Crippen LogP contribution in [0.4, 0.5) is 5.69 Å². The standard InChI is InChI=1S/C14H17NO4/c1-9-4-5-11(10(2)6-9)15-12(16)14(7-19-8-14)13(17)18-3/h4-6H,7-8H2,1-3H3,(H,15,16). The summed E-state index contributed by atoms with van der Waals surface area (Å²) in [6, 6.07) is 5.70. The van der Waals surface area contributed by atoms with E-state index in [9.17, 15) is 9.59 Å². The SMILES string of the molecule is COC(=O)C1(C(=O)Nc2ccc(C)cc2C)COC1. The van der Waals surface area contributed by atoms with Crippen LogP contribution in [0.5, 0.6) is 0 Å². The number of ether oxygens (including phenoxy) is 2. The minimum Gasteiger partial charge on any atom is -0.468 e. The number of hydrogen-bond acceptors (Lipinski definition) is 4. The van der Waals surface area contributed by atoms with E-state index < -0.39 is 11.4 Å². The summed E-state index contributed by atoms with van der Waals surface area (Å²) in [5, 5.41) is 2.78. The fraction of sp³-hybridized carbons (Fsp3) is 0.429. The fourth-order valence-corrected chi connectivity index (χ4v) is 2.04. The van der Waals surface area contributed by atoms with Crippen LogP contribution >= 0.6 is 0 Å².